The predicted molar refractivity (Wildman–Crippen MR) is 99.8 cm³/mol. The van der Waals surface area contributed by atoms with Crippen molar-refractivity contribution in [2.24, 2.45) is 11.3 Å². The molecular formula is C21H29FN2O. The van der Waals surface area contributed by atoms with E-state index < -0.39 is 0 Å². The van der Waals surface area contributed by atoms with Gasteiger partial charge >= 0.3 is 0 Å². The highest BCUT2D eigenvalue weighted by Crippen LogP contribution is 2.35. The molecule has 2 aromatic rings. The van der Waals surface area contributed by atoms with E-state index in [0.29, 0.717) is 12.5 Å². The van der Waals surface area contributed by atoms with Crippen LogP contribution in [0.5, 0.6) is 0 Å². The fraction of sp³-hybridized carbons (Fsp3) is 0.476. The van der Waals surface area contributed by atoms with Gasteiger partial charge in [-0.05, 0) is 29.0 Å². The summed E-state index contributed by atoms with van der Waals surface area (Å²) in [5.41, 5.74) is 1.78. The van der Waals surface area contributed by atoms with Crippen molar-refractivity contribution in [3.05, 3.63) is 65.7 Å². The lowest BCUT2D eigenvalue weighted by atomic mass is 9.75. The van der Waals surface area contributed by atoms with Gasteiger partial charge in [0, 0.05) is 19.1 Å². The molecule has 2 N–H and O–H groups in total. The molecule has 1 aromatic carbocycles. The molecule has 0 bridgehead atoms. The third-order valence-electron chi connectivity index (χ3n) is 4.83. The number of halogens is 1. The molecule has 136 valence electrons. The van der Waals surface area contributed by atoms with Crippen LogP contribution in [0.25, 0.3) is 0 Å². The Balaban J connectivity index is 2.21. The maximum Gasteiger partial charge on any atom is 0.141 e. The molecule has 2 unspecified atom stereocenters. The zero-order valence-electron chi connectivity index (χ0n) is 15.5. The number of rotatable bonds is 8. The fourth-order valence-corrected chi connectivity index (χ4v) is 3.14. The molecule has 2 rings (SSSR count). The molecule has 2 atom stereocenters. The first kappa shape index (κ1) is 19.5. The van der Waals surface area contributed by atoms with Crippen LogP contribution in [0.1, 0.15) is 50.9 Å². The Morgan fingerprint density at radius 1 is 1.12 bits per heavy atom. The molecule has 0 aliphatic carbocycles. The normalized spacial score (nSPS) is 14.5. The second-order valence-corrected chi connectivity index (χ2v) is 7.64. The van der Waals surface area contributed by atoms with Gasteiger partial charge in [0.15, 0.2) is 0 Å². The van der Waals surface area contributed by atoms with Gasteiger partial charge < -0.3 is 10.4 Å². The summed E-state index contributed by atoms with van der Waals surface area (Å²) in [7, 11) is 0. The molecule has 0 aliphatic heterocycles. The molecule has 0 fully saturated rings. The summed E-state index contributed by atoms with van der Waals surface area (Å²) in [4.78, 5) is 4.25. The monoisotopic (exact) mass is 344 g/mol. The summed E-state index contributed by atoms with van der Waals surface area (Å²) >= 11 is 0. The highest BCUT2D eigenvalue weighted by atomic mass is 19.1. The van der Waals surface area contributed by atoms with Gasteiger partial charge in [0.1, 0.15) is 5.82 Å². The number of aliphatic hydroxyl groups excluding tert-OH is 1. The van der Waals surface area contributed by atoms with Crippen molar-refractivity contribution in [1.29, 1.82) is 0 Å². The minimum absolute atomic E-state index is 0.0290. The maximum absolute atomic E-state index is 13.2. The van der Waals surface area contributed by atoms with Crippen molar-refractivity contribution in [1.82, 2.24) is 10.3 Å². The number of pyridine rings is 1. The smallest absolute Gasteiger partial charge is 0.141 e. The number of hydrogen-bond acceptors (Lipinski definition) is 3. The van der Waals surface area contributed by atoms with Crippen LogP contribution >= 0.6 is 0 Å². The average molecular weight is 344 g/mol. The van der Waals surface area contributed by atoms with Crippen molar-refractivity contribution >= 4 is 0 Å². The minimum Gasteiger partial charge on any atom is -0.396 e. The van der Waals surface area contributed by atoms with Crippen LogP contribution in [-0.2, 0) is 0 Å². The van der Waals surface area contributed by atoms with E-state index in [1.165, 1.54) is 17.8 Å². The Bertz CT molecular complexity index is 641. The van der Waals surface area contributed by atoms with Crippen molar-refractivity contribution in [2.45, 2.75) is 39.7 Å². The third-order valence-corrected chi connectivity index (χ3v) is 4.83. The zero-order chi connectivity index (χ0) is 18.4. The minimum atomic E-state index is -0.324. The number of aliphatic hydroxyl groups is 1. The summed E-state index contributed by atoms with van der Waals surface area (Å²) in [6.07, 6.45) is 1.26. The van der Waals surface area contributed by atoms with Crippen LogP contribution in [0.3, 0.4) is 0 Å². The molecule has 0 spiro atoms. The Morgan fingerprint density at radius 3 is 2.32 bits per heavy atom. The first-order chi connectivity index (χ1) is 11.8. The van der Waals surface area contributed by atoms with E-state index in [-0.39, 0.29) is 29.8 Å². The van der Waals surface area contributed by atoms with E-state index in [2.05, 4.69) is 50.1 Å². The van der Waals surface area contributed by atoms with Gasteiger partial charge in [-0.15, -0.1) is 0 Å². The lowest BCUT2D eigenvalue weighted by molar-refractivity contribution is 0.126. The molecule has 0 saturated carbocycles. The van der Waals surface area contributed by atoms with Gasteiger partial charge in [0.25, 0.3) is 0 Å². The topological polar surface area (TPSA) is 45.1 Å². The van der Waals surface area contributed by atoms with Gasteiger partial charge in [-0.3, -0.25) is 4.98 Å². The van der Waals surface area contributed by atoms with Crippen molar-refractivity contribution < 1.29 is 9.50 Å². The molecule has 0 amide bonds. The maximum atomic E-state index is 13.2. The van der Waals surface area contributed by atoms with Crippen molar-refractivity contribution in [3.63, 3.8) is 0 Å². The molecule has 0 aliphatic rings. The van der Waals surface area contributed by atoms with Crippen LogP contribution < -0.4 is 5.32 Å². The number of hydrogen-bond donors (Lipinski definition) is 2. The number of benzene rings is 1. The van der Waals surface area contributed by atoms with Crippen molar-refractivity contribution in [3.8, 4) is 0 Å². The lowest BCUT2D eigenvalue weighted by Gasteiger charge is -2.35. The molecule has 1 aromatic heterocycles. The largest absolute Gasteiger partial charge is 0.396 e. The van der Waals surface area contributed by atoms with Gasteiger partial charge in [0.2, 0.25) is 0 Å². The highest BCUT2D eigenvalue weighted by Gasteiger charge is 2.31. The summed E-state index contributed by atoms with van der Waals surface area (Å²) in [6, 6.07) is 13.5. The molecular weight excluding hydrogens is 315 g/mol. The van der Waals surface area contributed by atoms with Gasteiger partial charge in [-0.1, -0.05) is 58.0 Å². The predicted octanol–water partition coefficient (Wildman–Crippen LogP) is 4.31. The van der Waals surface area contributed by atoms with Crippen LogP contribution in [0.4, 0.5) is 4.39 Å². The Hall–Kier alpha value is -1.78. The van der Waals surface area contributed by atoms with Crippen LogP contribution in [0.15, 0.2) is 48.7 Å². The lowest BCUT2D eigenvalue weighted by Crippen LogP contribution is -2.37. The van der Waals surface area contributed by atoms with Crippen molar-refractivity contribution in [2.75, 3.05) is 13.2 Å². The summed E-state index contributed by atoms with van der Waals surface area (Å²) in [6.45, 7) is 9.21. The van der Waals surface area contributed by atoms with E-state index >= 15 is 0 Å². The molecule has 1 heterocycles. The number of nitrogens with zero attached hydrogens (tertiary/aromatic N) is 1. The SMILES string of the molecule is CC(C)C(NCC(c1ccccc1)C(C)(C)CO)c1ccc(F)cn1. The Kier molecular flexibility index (Phi) is 6.68. The number of nitrogens with one attached hydrogen (secondary N) is 1. The molecule has 25 heavy (non-hydrogen) atoms. The van der Waals surface area contributed by atoms with Gasteiger partial charge in [-0.2, -0.15) is 0 Å². The Labute approximate surface area is 150 Å². The first-order valence-corrected chi connectivity index (χ1v) is 8.86. The molecule has 0 radical (unpaired) electrons. The third kappa shape index (κ3) is 5.10. The average Bonchev–Trinajstić information content (AvgIpc) is 2.60. The van der Waals surface area contributed by atoms with Gasteiger partial charge in [0.05, 0.1) is 17.9 Å². The van der Waals surface area contributed by atoms with Crippen LogP contribution in [0, 0.1) is 17.2 Å². The zero-order valence-corrected chi connectivity index (χ0v) is 15.5. The molecule has 0 saturated heterocycles. The quantitative estimate of drug-likeness (QED) is 0.750. The van der Waals surface area contributed by atoms with E-state index in [0.717, 1.165) is 5.69 Å². The van der Waals surface area contributed by atoms with E-state index in [4.69, 9.17) is 0 Å². The standard InChI is InChI=1S/C21H29FN2O/c1-15(2)20(19-11-10-17(22)12-23-19)24-13-18(21(3,4)14-25)16-8-6-5-7-9-16/h5-12,15,18,20,24-25H,13-14H2,1-4H3. The van der Waals surface area contributed by atoms with E-state index in [1.54, 1.807) is 6.07 Å². The molecule has 3 nitrogen and oxygen atoms in total. The second-order valence-electron chi connectivity index (χ2n) is 7.64. The van der Waals surface area contributed by atoms with E-state index in [9.17, 15) is 9.50 Å². The summed E-state index contributed by atoms with van der Waals surface area (Å²) in [5.74, 6) is 0.141. The van der Waals surface area contributed by atoms with Crippen LogP contribution in [-0.4, -0.2) is 23.2 Å². The fourth-order valence-electron chi connectivity index (χ4n) is 3.14. The summed E-state index contributed by atoms with van der Waals surface area (Å²) in [5, 5.41) is 13.5. The van der Waals surface area contributed by atoms with Gasteiger partial charge in [-0.25, -0.2) is 4.39 Å². The first-order valence-electron chi connectivity index (χ1n) is 8.86. The van der Waals surface area contributed by atoms with E-state index in [1.807, 2.05) is 18.2 Å². The summed E-state index contributed by atoms with van der Waals surface area (Å²) < 4.78 is 13.2. The van der Waals surface area contributed by atoms with Crippen LogP contribution in [0.2, 0.25) is 0 Å². The molecule has 4 heteroatoms. The second kappa shape index (κ2) is 8.54. The Morgan fingerprint density at radius 2 is 1.80 bits per heavy atom. The highest BCUT2D eigenvalue weighted by molar-refractivity contribution is 5.22. The number of aromatic nitrogens is 1.